The van der Waals surface area contributed by atoms with Gasteiger partial charge in [0.2, 0.25) is 0 Å². The van der Waals surface area contributed by atoms with Gasteiger partial charge in [-0.1, -0.05) is 17.9 Å². The van der Waals surface area contributed by atoms with Crippen LogP contribution in [0.1, 0.15) is 32.6 Å². The molecule has 0 unspecified atom stereocenters. The zero-order chi connectivity index (χ0) is 14.5. The molecular formula is C17H13NO2. The number of rotatable bonds is 1. The predicted octanol–water partition coefficient (Wildman–Crippen LogP) is 3.61. The molecule has 1 amide bonds. The van der Waals surface area contributed by atoms with Gasteiger partial charge < -0.3 is 0 Å². The van der Waals surface area contributed by atoms with Gasteiger partial charge in [0.15, 0.2) is 0 Å². The smallest absolute Gasteiger partial charge is 0.263 e. The van der Waals surface area contributed by atoms with Gasteiger partial charge in [0.25, 0.3) is 0 Å². The molecular weight excluding hydrogens is 250 g/mol. The molecule has 0 bridgehead atoms. The second-order valence-electron chi connectivity index (χ2n) is 4.52. The molecule has 0 heterocycles. The van der Waals surface area contributed by atoms with E-state index in [1.165, 1.54) is 11.1 Å². The molecule has 0 radical (unpaired) electrons. The first-order valence-corrected chi connectivity index (χ1v) is 6.17. The van der Waals surface area contributed by atoms with Crippen LogP contribution in [0.15, 0.2) is 47.6 Å². The lowest BCUT2D eigenvalue weighted by Gasteiger charge is -1.99. The Morgan fingerprint density at radius 3 is 2.10 bits per heavy atom. The summed E-state index contributed by atoms with van der Waals surface area (Å²) >= 11 is 0. The van der Waals surface area contributed by atoms with Gasteiger partial charge in [-0.2, -0.15) is 0 Å². The minimum absolute atomic E-state index is 0.275. The fourth-order valence-corrected chi connectivity index (χ4v) is 1.71. The van der Waals surface area contributed by atoms with Gasteiger partial charge in [-0.25, -0.2) is 0 Å². The lowest BCUT2D eigenvalue weighted by Crippen LogP contribution is -1.92. The fourth-order valence-electron chi connectivity index (χ4n) is 1.71. The molecule has 98 valence electrons. The SMILES string of the molecule is Cc1ccc(C#Cc2ccc(C(=O)N=O)cc2)cc1C. The zero-order valence-corrected chi connectivity index (χ0v) is 11.3. The molecule has 0 aliphatic carbocycles. The highest BCUT2D eigenvalue weighted by Gasteiger charge is 2.03. The maximum atomic E-state index is 11.1. The van der Waals surface area contributed by atoms with Gasteiger partial charge in [0.05, 0.1) is 0 Å². The highest BCUT2D eigenvalue weighted by Crippen LogP contribution is 2.09. The van der Waals surface area contributed by atoms with Crippen molar-refractivity contribution in [3.8, 4) is 11.8 Å². The first kappa shape index (κ1) is 13.7. The Balaban J connectivity index is 2.22. The molecule has 2 aromatic rings. The van der Waals surface area contributed by atoms with Crippen molar-refractivity contribution in [3.05, 3.63) is 75.2 Å². The lowest BCUT2D eigenvalue weighted by atomic mass is 10.1. The number of carbonyl (C=O) groups excluding carboxylic acids is 1. The van der Waals surface area contributed by atoms with Crippen LogP contribution in [0.5, 0.6) is 0 Å². The Bertz CT molecular complexity index is 719. The van der Waals surface area contributed by atoms with Crippen molar-refractivity contribution >= 4 is 5.91 Å². The summed E-state index contributed by atoms with van der Waals surface area (Å²) in [6.07, 6.45) is 0. The quantitative estimate of drug-likeness (QED) is 0.583. The van der Waals surface area contributed by atoms with Gasteiger partial charge in [0, 0.05) is 21.9 Å². The number of amides is 1. The summed E-state index contributed by atoms with van der Waals surface area (Å²) in [5, 5.41) is 2.37. The highest BCUT2D eigenvalue weighted by molar-refractivity contribution is 5.94. The van der Waals surface area contributed by atoms with Crippen LogP contribution in [0, 0.1) is 30.6 Å². The van der Waals surface area contributed by atoms with E-state index in [1.54, 1.807) is 24.3 Å². The average molecular weight is 263 g/mol. The van der Waals surface area contributed by atoms with E-state index < -0.39 is 5.91 Å². The summed E-state index contributed by atoms with van der Waals surface area (Å²) < 4.78 is 0. The topological polar surface area (TPSA) is 46.5 Å². The fraction of sp³-hybridized carbons (Fsp3) is 0.118. The molecule has 2 rings (SSSR count). The van der Waals surface area contributed by atoms with Crippen LogP contribution in [0.2, 0.25) is 0 Å². The lowest BCUT2D eigenvalue weighted by molar-refractivity contribution is 0.100. The normalized spacial score (nSPS) is 9.50. The van der Waals surface area contributed by atoms with Gasteiger partial charge in [0.1, 0.15) is 0 Å². The summed E-state index contributed by atoms with van der Waals surface area (Å²) in [4.78, 5) is 21.2. The first-order valence-electron chi connectivity index (χ1n) is 6.17. The van der Waals surface area contributed by atoms with Crippen LogP contribution in [0.3, 0.4) is 0 Å². The van der Waals surface area contributed by atoms with Crippen molar-refractivity contribution in [2.75, 3.05) is 0 Å². The van der Waals surface area contributed by atoms with E-state index in [0.717, 1.165) is 11.1 Å². The third kappa shape index (κ3) is 3.18. The minimum Gasteiger partial charge on any atom is -0.263 e. The summed E-state index contributed by atoms with van der Waals surface area (Å²) in [5.74, 6) is 5.33. The summed E-state index contributed by atoms with van der Waals surface area (Å²) in [7, 11) is 0. The minimum atomic E-state index is -0.765. The van der Waals surface area contributed by atoms with Gasteiger partial charge >= 0.3 is 5.91 Å². The van der Waals surface area contributed by atoms with Crippen LogP contribution in [0.25, 0.3) is 0 Å². The van der Waals surface area contributed by atoms with Crippen LogP contribution in [-0.2, 0) is 0 Å². The van der Waals surface area contributed by atoms with E-state index in [9.17, 15) is 9.70 Å². The van der Waals surface area contributed by atoms with Gasteiger partial charge in [-0.05, 0) is 61.4 Å². The second kappa shape index (κ2) is 5.94. The monoisotopic (exact) mass is 263 g/mol. The highest BCUT2D eigenvalue weighted by atomic mass is 16.3. The molecule has 3 nitrogen and oxygen atoms in total. The number of nitroso groups, excluding NO2 is 1. The molecule has 0 aliphatic rings. The van der Waals surface area contributed by atoms with E-state index >= 15 is 0 Å². The summed E-state index contributed by atoms with van der Waals surface area (Å²) in [6.45, 7) is 4.11. The Labute approximate surface area is 117 Å². The Kier molecular flexibility index (Phi) is 4.07. The third-order valence-corrected chi connectivity index (χ3v) is 3.07. The van der Waals surface area contributed by atoms with E-state index in [0.29, 0.717) is 0 Å². The standard InChI is InChI=1S/C17H13NO2/c1-12-3-4-15(11-13(12)2)6-5-14-7-9-16(10-8-14)17(19)18-20/h3-4,7-11H,1-2H3. The molecule has 0 atom stereocenters. The summed E-state index contributed by atoms with van der Waals surface area (Å²) in [5.41, 5.74) is 4.44. The number of carbonyl (C=O) groups is 1. The Morgan fingerprint density at radius 1 is 0.900 bits per heavy atom. The van der Waals surface area contributed by atoms with Gasteiger partial charge in [-0.3, -0.25) is 4.79 Å². The molecule has 0 N–H and O–H groups in total. The molecule has 0 saturated carbocycles. The van der Waals surface area contributed by atoms with E-state index in [-0.39, 0.29) is 5.56 Å². The molecule has 0 aromatic heterocycles. The Morgan fingerprint density at radius 2 is 1.50 bits per heavy atom. The summed E-state index contributed by atoms with van der Waals surface area (Å²) in [6, 6.07) is 12.6. The first-order chi connectivity index (χ1) is 9.60. The number of aryl methyl sites for hydroxylation is 2. The van der Waals surface area contributed by atoms with Crippen molar-refractivity contribution in [2.45, 2.75) is 13.8 Å². The molecule has 0 aliphatic heterocycles. The Hall–Kier alpha value is -2.73. The predicted molar refractivity (Wildman–Crippen MR) is 78.5 cm³/mol. The molecule has 3 heteroatoms. The number of hydrogen-bond acceptors (Lipinski definition) is 2. The van der Waals surface area contributed by atoms with Crippen molar-refractivity contribution in [3.63, 3.8) is 0 Å². The zero-order valence-electron chi connectivity index (χ0n) is 11.3. The van der Waals surface area contributed by atoms with E-state index in [4.69, 9.17) is 0 Å². The maximum absolute atomic E-state index is 11.1. The van der Waals surface area contributed by atoms with Crippen LogP contribution >= 0.6 is 0 Å². The van der Waals surface area contributed by atoms with Crippen LogP contribution < -0.4 is 0 Å². The molecule has 2 aromatic carbocycles. The molecule has 0 spiro atoms. The van der Waals surface area contributed by atoms with Crippen molar-refractivity contribution in [1.82, 2.24) is 0 Å². The number of hydrogen-bond donors (Lipinski definition) is 0. The van der Waals surface area contributed by atoms with Crippen LogP contribution in [0.4, 0.5) is 0 Å². The number of nitrogens with zero attached hydrogens (tertiary/aromatic N) is 1. The van der Waals surface area contributed by atoms with Crippen LogP contribution in [-0.4, -0.2) is 5.91 Å². The maximum Gasteiger partial charge on any atom is 0.316 e. The van der Waals surface area contributed by atoms with E-state index in [2.05, 4.69) is 23.9 Å². The molecule has 0 saturated heterocycles. The second-order valence-corrected chi connectivity index (χ2v) is 4.52. The largest absolute Gasteiger partial charge is 0.316 e. The van der Waals surface area contributed by atoms with Crippen molar-refractivity contribution < 1.29 is 4.79 Å². The van der Waals surface area contributed by atoms with Gasteiger partial charge in [-0.15, -0.1) is 4.91 Å². The molecule has 20 heavy (non-hydrogen) atoms. The van der Waals surface area contributed by atoms with E-state index in [1.807, 2.05) is 25.1 Å². The number of benzene rings is 2. The van der Waals surface area contributed by atoms with Crippen molar-refractivity contribution in [1.29, 1.82) is 0 Å². The average Bonchev–Trinajstić information content (AvgIpc) is 2.48. The third-order valence-electron chi connectivity index (χ3n) is 3.07. The van der Waals surface area contributed by atoms with Crippen molar-refractivity contribution in [2.24, 2.45) is 5.18 Å². The molecule has 0 fully saturated rings.